The molecule has 0 aliphatic heterocycles. The highest BCUT2D eigenvalue weighted by Gasteiger charge is 2.09. The Balaban J connectivity index is 3.12. The third-order valence-electron chi connectivity index (χ3n) is 1.92. The first-order valence-electron chi connectivity index (χ1n) is 4.66. The van der Waals surface area contributed by atoms with Crippen LogP contribution in [0.1, 0.15) is 5.56 Å². The van der Waals surface area contributed by atoms with Gasteiger partial charge in [-0.1, -0.05) is 0 Å². The lowest BCUT2D eigenvalue weighted by molar-refractivity contribution is 0.249. The van der Waals surface area contributed by atoms with E-state index in [9.17, 15) is 9.18 Å². The van der Waals surface area contributed by atoms with E-state index in [-0.39, 0.29) is 5.82 Å². The molecule has 0 saturated carbocycles. The quantitative estimate of drug-likeness (QED) is 0.658. The highest BCUT2D eigenvalue weighted by Crippen LogP contribution is 2.26. The number of carbonyl (C=O) groups is 1. The van der Waals surface area contributed by atoms with Gasteiger partial charge in [-0.15, -0.1) is 0 Å². The van der Waals surface area contributed by atoms with Crippen molar-refractivity contribution in [2.75, 3.05) is 19.0 Å². The van der Waals surface area contributed by atoms with Crippen LogP contribution in [-0.4, -0.2) is 26.3 Å². The average Bonchev–Trinajstić information content (AvgIpc) is 2.19. The van der Waals surface area contributed by atoms with Crippen molar-refractivity contribution in [3.63, 3.8) is 0 Å². The number of nitrogens with zero attached hydrogens (tertiary/aromatic N) is 2. The smallest absolute Gasteiger partial charge is 0.332 e. The van der Waals surface area contributed by atoms with Crippen molar-refractivity contribution < 1.29 is 9.18 Å². The van der Waals surface area contributed by atoms with Crippen LogP contribution < -0.4 is 16.1 Å². The maximum atomic E-state index is 13.2. The zero-order chi connectivity index (χ0) is 13.0. The minimum absolute atomic E-state index is 0.361. The second kappa shape index (κ2) is 5.62. The Morgan fingerprint density at radius 3 is 2.76 bits per heavy atom. The van der Waals surface area contributed by atoms with Gasteiger partial charge in [0.1, 0.15) is 5.82 Å². The second-order valence-corrected chi connectivity index (χ2v) is 4.30. The fraction of sp³-hybridized carbons (Fsp3) is 0.200. The molecule has 0 saturated heterocycles. The van der Waals surface area contributed by atoms with Crippen LogP contribution in [0, 0.1) is 5.82 Å². The summed E-state index contributed by atoms with van der Waals surface area (Å²) in [6.07, 6.45) is 1.39. The number of benzene rings is 1. The van der Waals surface area contributed by atoms with Crippen LogP contribution in [0.4, 0.5) is 14.9 Å². The number of hydrazone groups is 1. The number of nitrogens with two attached hydrogens (primary N) is 1. The lowest BCUT2D eigenvalue weighted by atomic mass is 10.2. The van der Waals surface area contributed by atoms with Gasteiger partial charge in [0.05, 0.1) is 6.21 Å². The van der Waals surface area contributed by atoms with E-state index in [0.29, 0.717) is 15.7 Å². The molecule has 0 unspecified atom stereocenters. The summed E-state index contributed by atoms with van der Waals surface area (Å²) >= 11 is 3.23. The molecule has 7 heteroatoms. The Morgan fingerprint density at radius 2 is 2.24 bits per heavy atom. The Kier molecular flexibility index (Phi) is 4.45. The molecule has 5 nitrogen and oxygen atoms in total. The van der Waals surface area contributed by atoms with Gasteiger partial charge in [-0.05, 0) is 28.1 Å². The molecule has 0 aliphatic rings. The first-order chi connectivity index (χ1) is 7.91. The van der Waals surface area contributed by atoms with Crippen LogP contribution in [-0.2, 0) is 0 Å². The predicted molar refractivity (Wildman–Crippen MR) is 68.7 cm³/mol. The van der Waals surface area contributed by atoms with Gasteiger partial charge in [0.15, 0.2) is 0 Å². The van der Waals surface area contributed by atoms with E-state index in [0.717, 1.165) is 0 Å². The van der Waals surface area contributed by atoms with E-state index in [1.165, 1.54) is 18.3 Å². The molecule has 0 atom stereocenters. The summed E-state index contributed by atoms with van der Waals surface area (Å²) in [5.41, 5.74) is 8.22. The Bertz CT molecular complexity index is 462. The van der Waals surface area contributed by atoms with Gasteiger partial charge in [0.2, 0.25) is 0 Å². The van der Waals surface area contributed by atoms with Crippen LogP contribution >= 0.6 is 15.9 Å². The summed E-state index contributed by atoms with van der Waals surface area (Å²) in [6.45, 7) is 0. The van der Waals surface area contributed by atoms with Gasteiger partial charge < -0.3 is 10.6 Å². The van der Waals surface area contributed by atoms with Gasteiger partial charge in [0, 0.05) is 29.8 Å². The number of anilines is 1. The SMILES string of the molecule is CN(C)c1cc(F)cc(Br)c1C=NNC(N)=O. The molecule has 0 heterocycles. The van der Waals surface area contributed by atoms with E-state index < -0.39 is 6.03 Å². The number of halogens is 2. The predicted octanol–water partition coefficient (Wildman–Crippen LogP) is 1.66. The van der Waals surface area contributed by atoms with Crippen molar-refractivity contribution in [3.8, 4) is 0 Å². The molecule has 17 heavy (non-hydrogen) atoms. The molecule has 3 N–H and O–H groups in total. The number of hydrogen-bond acceptors (Lipinski definition) is 3. The zero-order valence-corrected chi connectivity index (χ0v) is 11.0. The summed E-state index contributed by atoms with van der Waals surface area (Å²) < 4.78 is 13.8. The molecule has 1 rings (SSSR count). The van der Waals surface area contributed by atoms with Crippen molar-refractivity contribution in [3.05, 3.63) is 28.0 Å². The fourth-order valence-corrected chi connectivity index (χ4v) is 1.75. The number of amides is 2. The highest BCUT2D eigenvalue weighted by molar-refractivity contribution is 9.10. The minimum atomic E-state index is -0.758. The Hall–Kier alpha value is -1.63. The van der Waals surface area contributed by atoms with Gasteiger partial charge in [0.25, 0.3) is 0 Å². The standard InChI is InChI=1S/C10H12BrFN4O/c1-16(2)9-4-6(12)3-8(11)7(9)5-14-15-10(13)17/h3-5H,1-2H3,(H3,13,15,17). The zero-order valence-electron chi connectivity index (χ0n) is 9.37. The summed E-state index contributed by atoms with van der Waals surface area (Å²) in [4.78, 5) is 12.2. The van der Waals surface area contributed by atoms with Gasteiger partial charge in [-0.3, -0.25) is 0 Å². The van der Waals surface area contributed by atoms with Gasteiger partial charge >= 0.3 is 6.03 Å². The van der Waals surface area contributed by atoms with Gasteiger partial charge in [-0.2, -0.15) is 5.10 Å². The molecular weight excluding hydrogens is 291 g/mol. The number of carbonyl (C=O) groups excluding carboxylic acids is 1. The molecule has 2 amide bonds. The van der Waals surface area contributed by atoms with E-state index >= 15 is 0 Å². The van der Waals surface area contributed by atoms with Crippen LogP contribution in [0.2, 0.25) is 0 Å². The number of rotatable bonds is 3. The molecule has 0 bridgehead atoms. The lowest BCUT2D eigenvalue weighted by Crippen LogP contribution is -2.24. The maximum Gasteiger partial charge on any atom is 0.332 e. The van der Waals surface area contributed by atoms with Crippen molar-refractivity contribution in [2.24, 2.45) is 10.8 Å². The molecule has 0 spiro atoms. The van der Waals surface area contributed by atoms with Crippen molar-refractivity contribution in [1.29, 1.82) is 0 Å². The number of nitrogens with one attached hydrogen (secondary N) is 1. The van der Waals surface area contributed by atoms with E-state index in [1.807, 2.05) is 0 Å². The van der Waals surface area contributed by atoms with Crippen molar-refractivity contribution >= 4 is 33.9 Å². The molecule has 0 radical (unpaired) electrons. The van der Waals surface area contributed by atoms with Crippen molar-refractivity contribution in [1.82, 2.24) is 5.43 Å². The molecule has 0 aromatic heterocycles. The number of hydrogen-bond donors (Lipinski definition) is 2. The average molecular weight is 303 g/mol. The number of urea groups is 1. The molecule has 92 valence electrons. The number of primary amides is 1. The lowest BCUT2D eigenvalue weighted by Gasteiger charge is -2.16. The molecule has 1 aromatic carbocycles. The highest BCUT2D eigenvalue weighted by atomic mass is 79.9. The molecular formula is C10H12BrFN4O. The second-order valence-electron chi connectivity index (χ2n) is 3.45. The third-order valence-corrected chi connectivity index (χ3v) is 2.58. The van der Waals surface area contributed by atoms with Crippen LogP contribution in [0.15, 0.2) is 21.7 Å². The Morgan fingerprint density at radius 1 is 1.59 bits per heavy atom. The van der Waals surface area contributed by atoms with Crippen LogP contribution in [0.5, 0.6) is 0 Å². The maximum absolute atomic E-state index is 13.2. The molecule has 1 aromatic rings. The van der Waals surface area contributed by atoms with E-state index in [2.05, 4.69) is 26.5 Å². The van der Waals surface area contributed by atoms with E-state index in [4.69, 9.17) is 5.73 Å². The van der Waals surface area contributed by atoms with Crippen LogP contribution in [0.3, 0.4) is 0 Å². The first-order valence-corrected chi connectivity index (χ1v) is 5.46. The minimum Gasteiger partial charge on any atom is -0.377 e. The van der Waals surface area contributed by atoms with E-state index in [1.54, 1.807) is 19.0 Å². The first kappa shape index (κ1) is 13.4. The third kappa shape index (κ3) is 3.70. The summed E-state index contributed by atoms with van der Waals surface area (Å²) in [6, 6.07) is 1.93. The fourth-order valence-electron chi connectivity index (χ4n) is 1.23. The molecule has 0 aliphatic carbocycles. The molecule has 0 fully saturated rings. The largest absolute Gasteiger partial charge is 0.377 e. The topological polar surface area (TPSA) is 70.7 Å². The summed E-state index contributed by atoms with van der Waals surface area (Å²) in [7, 11) is 3.56. The van der Waals surface area contributed by atoms with Gasteiger partial charge in [-0.25, -0.2) is 14.6 Å². The summed E-state index contributed by atoms with van der Waals surface area (Å²) in [5, 5.41) is 3.65. The van der Waals surface area contributed by atoms with Crippen molar-refractivity contribution in [2.45, 2.75) is 0 Å². The Labute approximate surface area is 107 Å². The monoisotopic (exact) mass is 302 g/mol. The van der Waals surface area contributed by atoms with Crippen LogP contribution in [0.25, 0.3) is 0 Å². The summed E-state index contributed by atoms with van der Waals surface area (Å²) in [5.74, 6) is -0.361. The normalized spacial score (nSPS) is 10.6.